The van der Waals surface area contributed by atoms with E-state index in [1.165, 1.54) is 11.1 Å². The van der Waals surface area contributed by atoms with Gasteiger partial charge in [-0.15, -0.1) is 0 Å². The van der Waals surface area contributed by atoms with Crippen LogP contribution in [0.25, 0.3) is 0 Å². The molecule has 2 aromatic rings. The van der Waals surface area contributed by atoms with Crippen LogP contribution >= 0.6 is 0 Å². The zero-order valence-corrected chi connectivity index (χ0v) is 16.1. The van der Waals surface area contributed by atoms with Gasteiger partial charge in [0.2, 0.25) is 0 Å². The molecule has 3 rings (SSSR count). The topological polar surface area (TPSA) is 49.8 Å². The van der Waals surface area contributed by atoms with E-state index in [0.717, 1.165) is 42.6 Å². The van der Waals surface area contributed by atoms with Gasteiger partial charge in [0.1, 0.15) is 17.4 Å². The molecule has 1 aromatic carbocycles. The predicted molar refractivity (Wildman–Crippen MR) is 111 cm³/mol. The van der Waals surface area contributed by atoms with E-state index in [-0.39, 0.29) is 0 Å². The molecule has 1 aromatic heterocycles. The standard InChI is InChI=1S/C22H26N4O/c1-4-6-21(24-19-10-12-23-13-11-19)25-22(7-5-2)26-15-17-8-9-20(27-3)14-18(17)16-26/h4,6-14H,5,15-16H2,1-3H3,(H,23,24,25)/b6-4-,22-7-. The smallest absolute Gasteiger partial charge is 0.132 e. The Morgan fingerprint density at radius 2 is 2.00 bits per heavy atom. The summed E-state index contributed by atoms with van der Waals surface area (Å²) in [5.74, 6) is 2.67. The summed E-state index contributed by atoms with van der Waals surface area (Å²) in [5, 5.41) is 3.37. The van der Waals surface area contributed by atoms with Crippen LogP contribution in [-0.2, 0) is 13.1 Å². The summed E-state index contributed by atoms with van der Waals surface area (Å²) in [7, 11) is 1.70. The molecular weight excluding hydrogens is 336 g/mol. The molecule has 27 heavy (non-hydrogen) atoms. The molecule has 0 atom stereocenters. The fraction of sp³-hybridized carbons (Fsp3) is 0.273. The maximum Gasteiger partial charge on any atom is 0.132 e. The average molecular weight is 362 g/mol. The number of amidine groups is 1. The Bertz CT molecular complexity index is 856. The Balaban J connectivity index is 1.84. The van der Waals surface area contributed by atoms with Gasteiger partial charge in [-0.05, 0) is 60.9 Å². The number of fused-ring (bicyclic) bond motifs is 1. The third kappa shape index (κ3) is 4.76. The molecule has 0 unspecified atom stereocenters. The molecule has 2 heterocycles. The lowest BCUT2D eigenvalue weighted by molar-refractivity contribution is 0.357. The first-order valence-electron chi connectivity index (χ1n) is 9.22. The maximum absolute atomic E-state index is 5.36. The summed E-state index contributed by atoms with van der Waals surface area (Å²) in [5.41, 5.74) is 3.58. The molecule has 0 spiro atoms. The Kier molecular flexibility index (Phi) is 6.26. The first-order valence-corrected chi connectivity index (χ1v) is 9.22. The first-order chi connectivity index (χ1) is 13.2. The van der Waals surface area contributed by atoms with Gasteiger partial charge in [0.05, 0.1) is 7.11 Å². The fourth-order valence-corrected chi connectivity index (χ4v) is 3.06. The number of benzene rings is 1. The monoisotopic (exact) mass is 362 g/mol. The van der Waals surface area contributed by atoms with Gasteiger partial charge in [0, 0.05) is 31.2 Å². The number of pyridine rings is 1. The second-order valence-corrected chi connectivity index (χ2v) is 6.32. The molecule has 0 saturated heterocycles. The van der Waals surface area contributed by atoms with Gasteiger partial charge in [-0.25, -0.2) is 4.99 Å². The molecule has 0 fully saturated rings. The largest absolute Gasteiger partial charge is 0.497 e. The highest BCUT2D eigenvalue weighted by Crippen LogP contribution is 2.29. The lowest BCUT2D eigenvalue weighted by Crippen LogP contribution is -2.18. The van der Waals surface area contributed by atoms with Crippen LogP contribution in [0, 0.1) is 0 Å². The highest BCUT2D eigenvalue weighted by Gasteiger charge is 2.21. The number of ether oxygens (including phenoxy) is 1. The van der Waals surface area contributed by atoms with Crippen molar-refractivity contribution in [1.82, 2.24) is 9.88 Å². The van der Waals surface area contributed by atoms with Gasteiger partial charge >= 0.3 is 0 Å². The minimum atomic E-state index is 0.803. The van der Waals surface area contributed by atoms with Gasteiger partial charge < -0.3 is 15.0 Å². The molecule has 140 valence electrons. The van der Waals surface area contributed by atoms with Crippen molar-refractivity contribution in [3.8, 4) is 5.75 Å². The van der Waals surface area contributed by atoms with E-state index in [1.807, 2.05) is 37.3 Å². The Hall–Kier alpha value is -3.08. The van der Waals surface area contributed by atoms with E-state index in [1.54, 1.807) is 19.5 Å². The van der Waals surface area contributed by atoms with E-state index >= 15 is 0 Å². The number of nitrogens with one attached hydrogen (secondary N) is 1. The van der Waals surface area contributed by atoms with Crippen LogP contribution in [0.1, 0.15) is 31.4 Å². The SMILES string of the molecule is C\C=C/C(=N\C(=C\CC)N1Cc2ccc(OC)cc2C1)Nc1ccncc1. The van der Waals surface area contributed by atoms with Crippen LogP contribution in [0.2, 0.25) is 0 Å². The molecule has 0 radical (unpaired) electrons. The van der Waals surface area contributed by atoms with Crippen molar-refractivity contribution in [1.29, 1.82) is 0 Å². The lowest BCUT2D eigenvalue weighted by atomic mass is 10.1. The van der Waals surface area contributed by atoms with E-state index in [2.05, 4.69) is 40.3 Å². The summed E-state index contributed by atoms with van der Waals surface area (Å²) in [6.07, 6.45) is 10.6. The number of hydrogen-bond acceptors (Lipinski definition) is 4. The van der Waals surface area contributed by atoms with Crippen LogP contribution in [0.5, 0.6) is 5.75 Å². The van der Waals surface area contributed by atoms with Gasteiger partial charge in [-0.1, -0.05) is 19.1 Å². The summed E-state index contributed by atoms with van der Waals surface area (Å²) >= 11 is 0. The third-order valence-corrected chi connectivity index (χ3v) is 4.36. The maximum atomic E-state index is 5.36. The van der Waals surface area contributed by atoms with Crippen molar-refractivity contribution < 1.29 is 4.74 Å². The van der Waals surface area contributed by atoms with Crippen LogP contribution in [0.3, 0.4) is 0 Å². The molecule has 1 N–H and O–H groups in total. The Morgan fingerprint density at radius 1 is 1.22 bits per heavy atom. The molecule has 0 aliphatic carbocycles. The van der Waals surface area contributed by atoms with E-state index in [0.29, 0.717) is 0 Å². The molecule has 1 aliphatic rings. The average Bonchev–Trinajstić information content (AvgIpc) is 3.11. The number of hydrogen-bond donors (Lipinski definition) is 1. The normalized spacial score (nSPS) is 14.6. The Labute approximate surface area is 161 Å². The second kappa shape index (κ2) is 9.03. The predicted octanol–water partition coefficient (Wildman–Crippen LogP) is 4.74. The number of aliphatic imine (C=N–C) groups is 1. The van der Waals surface area contributed by atoms with Gasteiger partial charge in [0.25, 0.3) is 0 Å². The van der Waals surface area contributed by atoms with Crippen LogP contribution in [-0.4, -0.2) is 22.8 Å². The van der Waals surface area contributed by atoms with Gasteiger partial charge in [0.15, 0.2) is 0 Å². The van der Waals surface area contributed by atoms with Crippen molar-refractivity contribution in [2.75, 3.05) is 12.4 Å². The van der Waals surface area contributed by atoms with Crippen LogP contribution in [0.15, 0.2) is 71.8 Å². The molecule has 0 amide bonds. The van der Waals surface area contributed by atoms with E-state index in [4.69, 9.17) is 9.73 Å². The quantitative estimate of drug-likeness (QED) is 0.595. The molecule has 0 saturated carbocycles. The number of aromatic nitrogens is 1. The molecule has 5 heteroatoms. The molecule has 1 aliphatic heterocycles. The van der Waals surface area contributed by atoms with Crippen molar-refractivity contribution in [3.63, 3.8) is 0 Å². The number of allylic oxidation sites excluding steroid dienone is 2. The van der Waals surface area contributed by atoms with E-state index < -0.39 is 0 Å². The lowest BCUT2D eigenvalue weighted by Gasteiger charge is -2.19. The number of nitrogens with zero attached hydrogens (tertiary/aromatic N) is 3. The van der Waals surface area contributed by atoms with Crippen LogP contribution in [0.4, 0.5) is 5.69 Å². The highest BCUT2D eigenvalue weighted by molar-refractivity contribution is 6.04. The zero-order valence-electron chi connectivity index (χ0n) is 16.1. The van der Waals surface area contributed by atoms with Gasteiger partial charge in [-0.2, -0.15) is 0 Å². The minimum Gasteiger partial charge on any atom is -0.497 e. The molecule has 0 bridgehead atoms. The summed E-state index contributed by atoms with van der Waals surface area (Å²) < 4.78 is 5.36. The number of anilines is 1. The number of rotatable bonds is 6. The van der Waals surface area contributed by atoms with Crippen LogP contribution < -0.4 is 10.1 Å². The third-order valence-electron chi connectivity index (χ3n) is 4.36. The van der Waals surface area contributed by atoms with Crippen molar-refractivity contribution in [2.24, 2.45) is 4.99 Å². The summed E-state index contributed by atoms with van der Waals surface area (Å²) in [6, 6.07) is 10.1. The van der Waals surface area contributed by atoms with Crippen molar-refractivity contribution in [2.45, 2.75) is 33.4 Å². The summed E-state index contributed by atoms with van der Waals surface area (Å²) in [4.78, 5) is 11.3. The summed E-state index contributed by atoms with van der Waals surface area (Å²) in [6.45, 7) is 5.81. The van der Waals surface area contributed by atoms with Gasteiger partial charge in [-0.3, -0.25) is 4.98 Å². The fourth-order valence-electron chi connectivity index (χ4n) is 3.06. The van der Waals surface area contributed by atoms with Crippen molar-refractivity contribution in [3.05, 3.63) is 77.9 Å². The second-order valence-electron chi connectivity index (χ2n) is 6.32. The molecule has 5 nitrogen and oxygen atoms in total. The highest BCUT2D eigenvalue weighted by atomic mass is 16.5. The van der Waals surface area contributed by atoms with E-state index in [9.17, 15) is 0 Å². The first kappa shape index (κ1) is 18.7. The molecular formula is C22H26N4O. The van der Waals surface area contributed by atoms with Crippen molar-refractivity contribution >= 4 is 11.5 Å². The minimum absolute atomic E-state index is 0.803. The zero-order chi connectivity index (χ0) is 19.1. The number of methoxy groups -OCH3 is 1. The Morgan fingerprint density at radius 3 is 2.70 bits per heavy atom.